The van der Waals surface area contributed by atoms with Crippen molar-refractivity contribution in [2.45, 2.75) is 24.9 Å². The van der Waals surface area contributed by atoms with Crippen LogP contribution in [0.1, 0.15) is 19.3 Å². The molecule has 5 heteroatoms. The quantitative estimate of drug-likeness (QED) is 0.568. The van der Waals surface area contributed by atoms with E-state index in [4.69, 9.17) is 0 Å². The molecule has 1 atom stereocenters. The molecule has 1 aliphatic carbocycles. The van der Waals surface area contributed by atoms with Crippen molar-refractivity contribution in [1.29, 1.82) is 0 Å². The number of carbonyl (C=O) groups excluding carboxylic acids is 1. The lowest BCUT2D eigenvalue weighted by atomic mass is 10.0. The predicted octanol–water partition coefficient (Wildman–Crippen LogP) is -0.831. The number of β-amino-alcohol motifs (C(OH)–C–C–N with tert-alkyl or cyclic N) is 1. The average molecular weight is 241 g/mol. The van der Waals surface area contributed by atoms with Crippen LogP contribution in [0.3, 0.4) is 0 Å². The van der Waals surface area contributed by atoms with Gasteiger partial charge in [0.1, 0.15) is 0 Å². The number of carbonyl (C=O) groups is 1. The number of rotatable bonds is 6. The topological polar surface area (TPSA) is 64.6 Å². The first kappa shape index (κ1) is 12.8. The minimum atomic E-state index is -0.661. The maximum absolute atomic E-state index is 11.6. The summed E-state index contributed by atoms with van der Waals surface area (Å²) in [6.45, 7) is 3.23. The predicted molar refractivity (Wildman–Crippen MR) is 65.7 cm³/mol. The summed E-state index contributed by atoms with van der Waals surface area (Å²) in [7, 11) is 1.88. The van der Waals surface area contributed by atoms with E-state index in [1.165, 1.54) is 12.8 Å². The van der Waals surface area contributed by atoms with E-state index in [1.807, 2.05) is 11.9 Å². The Bertz CT molecular complexity index is 273. The van der Waals surface area contributed by atoms with Gasteiger partial charge in [0, 0.05) is 19.6 Å². The Morgan fingerprint density at radius 3 is 2.94 bits per heavy atom. The van der Waals surface area contributed by atoms with Crippen LogP contribution in [-0.2, 0) is 4.79 Å². The van der Waals surface area contributed by atoms with Gasteiger partial charge < -0.3 is 15.7 Å². The molecule has 0 aromatic carbocycles. The maximum Gasteiger partial charge on any atom is 0.234 e. The molecule has 1 unspecified atom stereocenters. The molecule has 0 bridgehead atoms. The molecular formula is C12H23N3O2. The van der Waals surface area contributed by atoms with Gasteiger partial charge in [0.05, 0.1) is 12.1 Å². The van der Waals surface area contributed by atoms with Crippen molar-refractivity contribution in [3.8, 4) is 0 Å². The highest BCUT2D eigenvalue weighted by Gasteiger charge is 2.32. The number of amides is 1. The third-order valence-electron chi connectivity index (χ3n) is 3.48. The zero-order chi connectivity index (χ0) is 12.3. The van der Waals surface area contributed by atoms with Crippen LogP contribution in [-0.4, -0.2) is 61.3 Å². The molecule has 2 rings (SSSR count). The van der Waals surface area contributed by atoms with Crippen LogP contribution in [0.2, 0.25) is 0 Å². The highest BCUT2D eigenvalue weighted by Crippen LogP contribution is 2.27. The molecule has 1 amide bonds. The van der Waals surface area contributed by atoms with Gasteiger partial charge >= 0.3 is 0 Å². The third kappa shape index (κ3) is 4.26. The standard InChI is InChI=1S/C12H23N3O2/c1-15(9-12(17)4-5-13-8-12)7-11(16)14-6-10-2-3-10/h10,13,17H,2-9H2,1H3,(H,14,16). The molecule has 0 aromatic rings. The molecule has 0 radical (unpaired) electrons. The molecule has 98 valence electrons. The fourth-order valence-corrected chi connectivity index (χ4v) is 2.31. The van der Waals surface area contributed by atoms with E-state index >= 15 is 0 Å². The van der Waals surface area contributed by atoms with Gasteiger partial charge in [0.25, 0.3) is 0 Å². The van der Waals surface area contributed by atoms with Crippen molar-refractivity contribution in [1.82, 2.24) is 15.5 Å². The van der Waals surface area contributed by atoms with E-state index in [0.29, 0.717) is 25.6 Å². The van der Waals surface area contributed by atoms with E-state index in [2.05, 4.69) is 10.6 Å². The molecule has 5 nitrogen and oxygen atoms in total. The van der Waals surface area contributed by atoms with Crippen LogP contribution in [0.25, 0.3) is 0 Å². The fourth-order valence-electron chi connectivity index (χ4n) is 2.31. The van der Waals surface area contributed by atoms with Crippen LogP contribution in [0.4, 0.5) is 0 Å². The number of nitrogens with one attached hydrogen (secondary N) is 2. The normalized spacial score (nSPS) is 28.6. The van der Waals surface area contributed by atoms with E-state index < -0.39 is 5.60 Å². The van der Waals surface area contributed by atoms with Gasteiger partial charge in [-0.05, 0) is 38.8 Å². The highest BCUT2D eigenvalue weighted by atomic mass is 16.3. The summed E-state index contributed by atoms with van der Waals surface area (Å²) in [6.07, 6.45) is 3.27. The van der Waals surface area contributed by atoms with Crippen LogP contribution in [0, 0.1) is 5.92 Å². The zero-order valence-electron chi connectivity index (χ0n) is 10.5. The zero-order valence-corrected chi connectivity index (χ0v) is 10.5. The lowest BCUT2D eigenvalue weighted by Crippen LogP contribution is -2.46. The molecule has 2 fully saturated rings. The van der Waals surface area contributed by atoms with Crippen molar-refractivity contribution in [3.05, 3.63) is 0 Å². The van der Waals surface area contributed by atoms with E-state index in [0.717, 1.165) is 19.5 Å². The van der Waals surface area contributed by atoms with Crippen LogP contribution >= 0.6 is 0 Å². The van der Waals surface area contributed by atoms with E-state index in [-0.39, 0.29) is 5.91 Å². The Hall–Kier alpha value is -0.650. The first-order chi connectivity index (χ1) is 8.07. The summed E-state index contributed by atoms with van der Waals surface area (Å²) in [5.74, 6) is 0.779. The molecule has 17 heavy (non-hydrogen) atoms. The van der Waals surface area contributed by atoms with Gasteiger partial charge in [-0.15, -0.1) is 0 Å². The van der Waals surface area contributed by atoms with Gasteiger partial charge in [0.15, 0.2) is 0 Å². The molecule has 1 saturated heterocycles. The minimum absolute atomic E-state index is 0.0638. The number of hydrogen-bond acceptors (Lipinski definition) is 4. The summed E-state index contributed by atoms with van der Waals surface area (Å²) in [5, 5.41) is 16.2. The third-order valence-corrected chi connectivity index (χ3v) is 3.48. The second-order valence-electron chi connectivity index (χ2n) is 5.57. The monoisotopic (exact) mass is 241 g/mol. The Kier molecular flexibility index (Phi) is 4.01. The van der Waals surface area contributed by atoms with Crippen molar-refractivity contribution < 1.29 is 9.90 Å². The number of nitrogens with zero attached hydrogens (tertiary/aromatic N) is 1. The molecule has 1 heterocycles. The van der Waals surface area contributed by atoms with Gasteiger partial charge in [-0.2, -0.15) is 0 Å². The van der Waals surface area contributed by atoms with Crippen LogP contribution in [0.5, 0.6) is 0 Å². The molecule has 3 N–H and O–H groups in total. The molecular weight excluding hydrogens is 218 g/mol. The summed E-state index contributed by atoms with van der Waals surface area (Å²) in [5.41, 5.74) is -0.661. The molecule has 2 aliphatic rings. The largest absolute Gasteiger partial charge is 0.387 e. The lowest BCUT2D eigenvalue weighted by molar-refractivity contribution is -0.122. The average Bonchev–Trinajstić information content (AvgIpc) is 2.98. The highest BCUT2D eigenvalue weighted by molar-refractivity contribution is 5.78. The molecule has 1 saturated carbocycles. The van der Waals surface area contributed by atoms with E-state index in [1.54, 1.807) is 0 Å². The van der Waals surface area contributed by atoms with Crippen LogP contribution < -0.4 is 10.6 Å². The van der Waals surface area contributed by atoms with Crippen molar-refractivity contribution in [2.75, 3.05) is 39.8 Å². The second-order valence-corrected chi connectivity index (χ2v) is 5.57. The summed E-state index contributed by atoms with van der Waals surface area (Å²) in [4.78, 5) is 13.5. The van der Waals surface area contributed by atoms with Crippen molar-refractivity contribution in [2.24, 2.45) is 5.92 Å². The van der Waals surface area contributed by atoms with Gasteiger partial charge in [-0.25, -0.2) is 0 Å². The number of aliphatic hydroxyl groups is 1. The summed E-state index contributed by atoms with van der Waals surface area (Å²) < 4.78 is 0. The number of likely N-dealkylation sites (N-methyl/N-ethyl adjacent to an activating group) is 1. The van der Waals surface area contributed by atoms with Gasteiger partial charge in [-0.1, -0.05) is 0 Å². The van der Waals surface area contributed by atoms with Crippen molar-refractivity contribution in [3.63, 3.8) is 0 Å². The Labute approximate surface area is 103 Å². The molecule has 0 aromatic heterocycles. The lowest BCUT2D eigenvalue weighted by Gasteiger charge is -2.27. The summed E-state index contributed by atoms with van der Waals surface area (Å²) >= 11 is 0. The van der Waals surface area contributed by atoms with Crippen LogP contribution in [0.15, 0.2) is 0 Å². The Morgan fingerprint density at radius 1 is 1.59 bits per heavy atom. The second kappa shape index (κ2) is 5.33. The number of hydrogen-bond donors (Lipinski definition) is 3. The van der Waals surface area contributed by atoms with Crippen molar-refractivity contribution >= 4 is 5.91 Å². The fraction of sp³-hybridized carbons (Fsp3) is 0.917. The molecule has 0 spiro atoms. The first-order valence-corrected chi connectivity index (χ1v) is 6.46. The Balaban J connectivity index is 1.64. The van der Waals surface area contributed by atoms with Gasteiger partial charge in [0.2, 0.25) is 5.91 Å². The smallest absolute Gasteiger partial charge is 0.234 e. The minimum Gasteiger partial charge on any atom is -0.387 e. The molecule has 1 aliphatic heterocycles. The first-order valence-electron chi connectivity index (χ1n) is 6.46. The SMILES string of the molecule is CN(CC(=O)NCC1CC1)CC1(O)CCNC1. The maximum atomic E-state index is 11.6. The van der Waals surface area contributed by atoms with Gasteiger partial charge in [-0.3, -0.25) is 9.69 Å². The summed E-state index contributed by atoms with van der Waals surface area (Å²) in [6, 6.07) is 0. The van der Waals surface area contributed by atoms with E-state index in [9.17, 15) is 9.90 Å². The Morgan fingerprint density at radius 2 is 2.35 bits per heavy atom.